The summed E-state index contributed by atoms with van der Waals surface area (Å²) in [6.45, 7) is 7.16. The fraction of sp³-hybridized carbons (Fsp3) is 0.500. The van der Waals surface area contributed by atoms with Crippen molar-refractivity contribution in [2.75, 3.05) is 39.3 Å². The van der Waals surface area contributed by atoms with Crippen LogP contribution in [-0.2, 0) is 6.54 Å². The molecule has 1 aromatic carbocycles. The van der Waals surface area contributed by atoms with Crippen LogP contribution in [0.25, 0.3) is 10.9 Å². The van der Waals surface area contributed by atoms with Crippen LogP contribution in [0.2, 0.25) is 0 Å². The van der Waals surface area contributed by atoms with E-state index in [2.05, 4.69) is 20.1 Å². The molecule has 3 heterocycles. The highest BCUT2D eigenvalue weighted by atomic mass is 19.1. The first kappa shape index (κ1) is 15.7. The number of rotatable bonds is 3. The van der Waals surface area contributed by atoms with Crippen molar-refractivity contribution in [2.45, 2.75) is 19.0 Å². The van der Waals surface area contributed by atoms with Crippen molar-refractivity contribution in [1.82, 2.24) is 20.1 Å². The molecular weight excluding hydrogens is 307 g/mol. The van der Waals surface area contributed by atoms with Crippen molar-refractivity contribution < 1.29 is 4.39 Å². The van der Waals surface area contributed by atoms with E-state index in [4.69, 9.17) is 0 Å². The highest BCUT2D eigenvalue weighted by Gasteiger charge is 2.26. The van der Waals surface area contributed by atoms with Crippen LogP contribution in [-0.4, -0.2) is 60.1 Å². The summed E-state index contributed by atoms with van der Waals surface area (Å²) in [5, 5.41) is 3.84. The van der Waals surface area contributed by atoms with E-state index in [1.165, 1.54) is 18.6 Å². The monoisotopic (exact) mass is 330 g/mol. The van der Waals surface area contributed by atoms with E-state index in [9.17, 15) is 9.18 Å². The lowest BCUT2D eigenvalue weighted by molar-refractivity contribution is 0.0974. The number of aromatic amines is 1. The van der Waals surface area contributed by atoms with Gasteiger partial charge in [-0.25, -0.2) is 4.39 Å². The van der Waals surface area contributed by atoms with E-state index in [1.54, 1.807) is 12.1 Å². The maximum Gasteiger partial charge on any atom is 0.189 e. The maximum atomic E-state index is 13.3. The second-order valence-corrected chi connectivity index (χ2v) is 6.81. The summed E-state index contributed by atoms with van der Waals surface area (Å²) < 4.78 is 13.3. The summed E-state index contributed by atoms with van der Waals surface area (Å²) in [6, 6.07) is 6.61. The van der Waals surface area contributed by atoms with Gasteiger partial charge in [0, 0.05) is 68.0 Å². The Hall–Kier alpha value is -1.76. The molecule has 24 heavy (non-hydrogen) atoms. The molecule has 1 unspecified atom stereocenters. The number of benzene rings is 1. The van der Waals surface area contributed by atoms with Gasteiger partial charge in [-0.05, 0) is 31.2 Å². The Balaban J connectivity index is 1.43. The average Bonchev–Trinajstić information content (AvgIpc) is 3.11. The van der Waals surface area contributed by atoms with Crippen LogP contribution in [0, 0.1) is 5.82 Å². The van der Waals surface area contributed by atoms with Gasteiger partial charge in [0.2, 0.25) is 0 Å². The number of pyridine rings is 1. The summed E-state index contributed by atoms with van der Waals surface area (Å²) in [6.07, 6.45) is 1.24. The topological polar surface area (TPSA) is 51.4 Å². The Morgan fingerprint density at radius 1 is 1.17 bits per heavy atom. The fourth-order valence-corrected chi connectivity index (χ4v) is 3.84. The van der Waals surface area contributed by atoms with E-state index in [1.807, 2.05) is 0 Å². The number of fused-ring (bicyclic) bond motifs is 1. The molecule has 0 aliphatic carbocycles. The molecule has 2 aliphatic heterocycles. The van der Waals surface area contributed by atoms with Gasteiger partial charge in [-0.1, -0.05) is 0 Å². The van der Waals surface area contributed by atoms with Gasteiger partial charge >= 0.3 is 0 Å². The van der Waals surface area contributed by atoms with Crippen LogP contribution in [0.3, 0.4) is 0 Å². The zero-order chi connectivity index (χ0) is 16.5. The van der Waals surface area contributed by atoms with Gasteiger partial charge in [-0.3, -0.25) is 14.6 Å². The number of hydrogen-bond donors (Lipinski definition) is 2. The van der Waals surface area contributed by atoms with E-state index < -0.39 is 0 Å². The first-order valence-corrected chi connectivity index (χ1v) is 8.67. The molecule has 0 bridgehead atoms. The van der Waals surface area contributed by atoms with Gasteiger partial charge in [0.15, 0.2) is 5.43 Å². The molecule has 2 aliphatic rings. The Kier molecular flexibility index (Phi) is 4.35. The molecule has 2 aromatic rings. The third-order valence-corrected chi connectivity index (χ3v) is 5.20. The summed E-state index contributed by atoms with van der Waals surface area (Å²) in [5.41, 5.74) is 1.48. The molecule has 0 saturated carbocycles. The predicted molar refractivity (Wildman–Crippen MR) is 92.7 cm³/mol. The lowest BCUT2D eigenvalue weighted by atomic mass is 10.1. The second-order valence-electron chi connectivity index (χ2n) is 6.81. The van der Waals surface area contributed by atoms with Crippen molar-refractivity contribution in [3.8, 4) is 0 Å². The van der Waals surface area contributed by atoms with Crippen molar-refractivity contribution in [1.29, 1.82) is 0 Å². The number of piperazine rings is 1. The van der Waals surface area contributed by atoms with Crippen LogP contribution in [0.15, 0.2) is 29.1 Å². The molecule has 4 rings (SSSR count). The van der Waals surface area contributed by atoms with Gasteiger partial charge in [0.25, 0.3) is 0 Å². The molecule has 0 radical (unpaired) electrons. The molecule has 1 atom stereocenters. The van der Waals surface area contributed by atoms with Gasteiger partial charge < -0.3 is 10.3 Å². The predicted octanol–water partition coefficient (Wildman–Crippen LogP) is 1.15. The lowest BCUT2D eigenvalue weighted by Crippen LogP contribution is -2.50. The Morgan fingerprint density at radius 2 is 2.00 bits per heavy atom. The Bertz CT molecular complexity index is 776. The standard InChI is InChI=1S/C18H23FN4O/c19-13-1-2-17-16(9-13)18(24)10-14(21-17)12-22-5-7-23(8-6-22)15-3-4-20-11-15/h1-2,9-10,15,20H,3-8,11-12H2,(H,21,24). The molecular formula is C18H23FN4O. The number of halogens is 1. The first-order valence-electron chi connectivity index (χ1n) is 8.67. The van der Waals surface area contributed by atoms with E-state index in [0.29, 0.717) is 16.9 Å². The van der Waals surface area contributed by atoms with Gasteiger partial charge in [-0.2, -0.15) is 0 Å². The number of nitrogens with one attached hydrogen (secondary N) is 2. The van der Waals surface area contributed by atoms with Gasteiger partial charge in [0.05, 0.1) is 0 Å². The summed E-state index contributed by atoms with van der Waals surface area (Å²) in [4.78, 5) is 20.4. The van der Waals surface area contributed by atoms with Crippen LogP contribution in [0.1, 0.15) is 12.1 Å². The molecule has 1 aromatic heterocycles. The number of hydrogen-bond acceptors (Lipinski definition) is 4. The maximum absolute atomic E-state index is 13.3. The third-order valence-electron chi connectivity index (χ3n) is 5.20. The number of nitrogens with zero attached hydrogens (tertiary/aromatic N) is 2. The molecule has 128 valence electrons. The second kappa shape index (κ2) is 6.63. The molecule has 2 N–H and O–H groups in total. The summed E-state index contributed by atoms with van der Waals surface area (Å²) in [5.74, 6) is -0.377. The minimum absolute atomic E-state index is 0.117. The van der Waals surface area contributed by atoms with Crippen LogP contribution >= 0.6 is 0 Å². The van der Waals surface area contributed by atoms with Gasteiger partial charge in [-0.15, -0.1) is 0 Å². The first-order chi connectivity index (χ1) is 11.7. The molecule has 2 saturated heterocycles. The Labute approximate surface area is 140 Å². The smallest absolute Gasteiger partial charge is 0.189 e. The van der Waals surface area contributed by atoms with E-state index in [-0.39, 0.29) is 11.2 Å². The minimum atomic E-state index is -0.377. The van der Waals surface area contributed by atoms with Crippen LogP contribution in [0.5, 0.6) is 0 Å². The third kappa shape index (κ3) is 3.22. The van der Waals surface area contributed by atoms with Crippen molar-refractivity contribution >= 4 is 10.9 Å². The number of H-pyrrole nitrogens is 1. The fourth-order valence-electron chi connectivity index (χ4n) is 3.84. The number of aromatic nitrogens is 1. The van der Waals surface area contributed by atoms with Crippen LogP contribution in [0.4, 0.5) is 4.39 Å². The SMILES string of the molecule is O=c1cc(CN2CCN(C3CCNC3)CC2)[nH]c2ccc(F)cc12. The minimum Gasteiger partial charge on any atom is -0.357 e. The molecule has 5 nitrogen and oxygen atoms in total. The largest absolute Gasteiger partial charge is 0.357 e. The average molecular weight is 330 g/mol. The highest BCUT2D eigenvalue weighted by Crippen LogP contribution is 2.15. The molecule has 6 heteroatoms. The zero-order valence-corrected chi connectivity index (χ0v) is 13.7. The molecule has 2 fully saturated rings. The summed E-state index contributed by atoms with van der Waals surface area (Å²) >= 11 is 0. The quantitative estimate of drug-likeness (QED) is 0.886. The molecule has 0 spiro atoms. The van der Waals surface area contributed by atoms with E-state index in [0.717, 1.165) is 51.5 Å². The highest BCUT2D eigenvalue weighted by molar-refractivity contribution is 5.78. The van der Waals surface area contributed by atoms with Gasteiger partial charge in [0.1, 0.15) is 5.82 Å². The van der Waals surface area contributed by atoms with Crippen molar-refractivity contribution in [3.05, 3.63) is 46.0 Å². The summed E-state index contributed by atoms with van der Waals surface area (Å²) in [7, 11) is 0. The molecule has 0 amide bonds. The zero-order valence-electron chi connectivity index (χ0n) is 13.7. The van der Waals surface area contributed by atoms with E-state index >= 15 is 0 Å². The van der Waals surface area contributed by atoms with Crippen molar-refractivity contribution in [2.24, 2.45) is 0 Å². The Morgan fingerprint density at radius 3 is 2.75 bits per heavy atom. The normalized spacial score (nSPS) is 23.1. The van der Waals surface area contributed by atoms with Crippen molar-refractivity contribution in [3.63, 3.8) is 0 Å². The lowest BCUT2D eigenvalue weighted by Gasteiger charge is -2.37. The van der Waals surface area contributed by atoms with Crippen LogP contribution < -0.4 is 10.7 Å².